The molecule has 5 nitrogen and oxygen atoms in total. The number of halogens is 1. The highest BCUT2D eigenvalue weighted by Gasteiger charge is 2.22. The van der Waals surface area contributed by atoms with Crippen LogP contribution in [0.4, 0.5) is 0 Å². The second-order valence-electron chi connectivity index (χ2n) is 7.11. The van der Waals surface area contributed by atoms with E-state index in [-0.39, 0.29) is 5.91 Å². The van der Waals surface area contributed by atoms with Crippen LogP contribution in [-0.4, -0.2) is 51.4 Å². The Hall–Kier alpha value is -1.48. The zero-order valence-corrected chi connectivity index (χ0v) is 19.2. The number of thiazole rings is 1. The van der Waals surface area contributed by atoms with Gasteiger partial charge in [-0.2, -0.15) is 0 Å². The van der Waals surface area contributed by atoms with Gasteiger partial charge in [0.1, 0.15) is 0 Å². The van der Waals surface area contributed by atoms with E-state index in [0.29, 0.717) is 6.42 Å². The van der Waals surface area contributed by atoms with Crippen LogP contribution in [0.1, 0.15) is 22.0 Å². The van der Waals surface area contributed by atoms with E-state index in [2.05, 4.69) is 63.5 Å². The second kappa shape index (κ2) is 8.49. The minimum Gasteiger partial charge on any atom is -0.340 e. The molecule has 3 aromatic heterocycles. The van der Waals surface area contributed by atoms with E-state index in [1.165, 1.54) is 20.1 Å². The van der Waals surface area contributed by atoms with Crippen molar-refractivity contribution in [1.82, 2.24) is 19.4 Å². The third kappa shape index (κ3) is 4.40. The first-order chi connectivity index (χ1) is 13.5. The van der Waals surface area contributed by atoms with Crippen molar-refractivity contribution in [3.63, 3.8) is 0 Å². The number of rotatable bonds is 5. The number of aryl methyl sites for hydroxylation is 2. The molecule has 0 spiro atoms. The van der Waals surface area contributed by atoms with Gasteiger partial charge in [0.05, 0.1) is 15.9 Å². The molecule has 1 amide bonds. The maximum Gasteiger partial charge on any atom is 0.228 e. The van der Waals surface area contributed by atoms with E-state index < -0.39 is 0 Å². The first-order valence-electron chi connectivity index (χ1n) is 9.33. The molecule has 8 heteroatoms. The van der Waals surface area contributed by atoms with Crippen molar-refractivity contribution >= 4 is 44.5 Å². The lowest BCUT2D eigenvalue weighted by Crippen LogP contribution is -2.48. The lowest BCUT2D eigenvalue weighted by molar-refractivity contribution is -0.132. The standard InChI is InChI=1S/C20H23BrN4OS2/c1-14-3-4-15(2)25(14)20-22-16(13-27-20)11-19(26)24-9-7-23(8-10-24)12-17-5-6-18(21)28-17/h3-6,13H,7-12H2,1-2H3. The topological polar surface area (TPSA) is 41.4 Å². The Morgan fingerprint density at radius 3 is 2.46 bits per heavy atom. The summed E-state index contributed by atoms with van der Waals surface area (Å²) in [5.41, 5.74) is 3.20. The molecular formula is C20H23BrN4OS2. The zero-order valence-electron chi connectivity index (χ0n) is 16.0. The van der Waals surface area contributed by atoms with Crippen molar-refractivity contribution in [2.75, 3.05) is 26.2 Å². The van der Waals surface area contributed by atoms with Crippen LogP contribution in [0.2, 0.25) is 0 Å². The molecule has 1 fully saturated rings. The Labute approximate surface area is 181 Å². The number of carbonyl (C=O) groups is 1. The molecule has 1 saturated heterocycles. The van der Waals surface area contributed by atoms with Gasteiger partial charge < -0.3 is 4.90 Å². The van der Waals surface area contributed by atoms with E-state index in [1.807, 2.05) is 10.3 Å². The normalized spacial score (nSPS) is 15.3. The van der Waals surface area contributed by atoms with Crippen molar-refractivity contribution in [1.29, 1.82) is 0 Å². The third-order valence-electron chi connectivity index (χ3n) is 5.07. The minimum absolute atomic E-state index is 0.177. The van der Waals surface area contributed by atoms with Gasteiger partial charge in [-0.25, -0.2) is 4.98 Å². The van der Waals surface area contributed by atoms with Crippen LogP contribution in [0, 0.1) is 13.8 Å². The highest BCUT2D eigenvalue weighted by Crippen LogP contribution is 2.24. The van der Waals surface area contributed by atoms with E-state index >= 15 is 0 Å². The van der Waals surface area contributed by atoms with Crippen LogP contribution in [0.25, 0.3) is 5.13 Å². The van der Waals surface area contributed by atoms with Gasteiger partial charge in [0.2, 0.25) is 5.91 Å². The molecule has 148 valence electrons. The second-order valence-corrected chi connectivity index (χ2v) is 10.5. The Kier molecular flexibility index (Phi) is 6.01. The predicted octanol–water partition coefficient (Wildman–Crippen LogP) is 4.26. The predicted molar refractivity (Wildman–Crippen MR) is 118 cm³/mol. The first-order valence-corrected chi connectivity index (χ1v) is 11.8. The summed E-state index contributed by atoms with van der Waals surface area (Å²) >= 11 is 6.90. The Balaban J connectivity index is 1.31. The smallest absolute Gasteiger partial charge is 0.228 e. The number of nitrogens with zero attached hydrogens (tertiary/aromatic N) is 4. The third-order valence-corrected chi connectivity index (χ3v) is 7.55. The van der Waals surface area contributed by atoms with Crippen molar-refractivity contribution in [3.8, 4) is 5.13 Å². The number of thiophene rings is 1. The van der Waals surface area contributed by atoms with Crippen molar-refractivity contribution in [2.45, 2.75) is 26.8 Å². The molecule has 0 bridgehead atoms. The monoisotopic (exact) mass is 478 g/mol. The van der Waals surface area contributed by atoms with E-state index in [9.17, 15) is 4.79 Å². The fraction of sp³-hybridized carbons (Fsp3) is 0.400. The van der Waals surface area contributed by atoms with Crippen molar-refractivity contribution < 1.29 is 4.79 Å². The molecule has 1 aliphatic rings. The van der Waals surface area contributed by atoms with Gasteiger partial charge in [-0.3, -0.25) is 14.3 Å². The number of amides is 1. The van der Waals surface area contributed by atoms with Crippen LogP contribution in [0.15, 0.2) is 33.4 Å². The summed E-state index contributed by atoms with van der Waals surface area (Å²) in [6.45, 7) is 8.54. The van der Waals surface area contributed by atoms with Gasteiger partial charge in [-0.15, -0.1) is 22.7 Å². The van der Waals surface area contributed by atoms with E-state index in [4.69, 9.17) is 4.98 Å². The number of carbonyl (C=O) groups excluding carboxylic acids is 1. The Bertz CT molecular complexity index is 949. The summed E-state index contributed by atoms with van der Waals surface area (Å²) in [4.78, 5) is 23.2. The van der Waals surface area contributed by atoms with Crippen LogP contribution in [0.3, 0.4) is 0 Å². The SMILES string of the molecule is Cc1ccc(C)n1-c1nc(CC(=O)N2CCN(Cc3ccc(Br)s3)CC2)cs1. The molecule has 0 atom stereocenters. The van der Waals surface area contributed by atoms with Crippen LogP contribution in [0.5, 0.6) is 0 Å². The van der Waals surface area contributed by atoms with Gasteiger partial charge >= 0.3 is 0 Å². The molecule has 1 aliphatic heterocycles. The first kappa shape index (κ1) is 19.8. The van der Waals surface area contributed by atoms with Crippen molar-refractivity contribution in [2.24, 2.45) is 0 Å². The van der Waals surface area contributed by atoms with E-state index in [1.54, 1.807) is 22.7 Å². The molecule has 0 aromatic carbocycles. The zero-order chi connectivity index (χ0) is 19.7. The van der Waals surface area contributed by atoms with Crippen molar-refractivity contribution in [3.05, 3.63) is 55.4 Å². The molecule has 28 heavy (non-hydrogen) atoms. The quantitative estimate of drug-likeness (QED) is 0.549. The molecule has 4 rings (SSSR count). The van der Waals surface area contributed by atoms with E-state index in [0.717, 1.165) is 43.5 Å². The highest BCUT2D eigenvalue weighted by atomic mass is 79.9. The average Bonchev–Trinajstić information content (AvgIpc) is 3.37. The van der Waals surface area contributed by atoms with Crippen LogP contribution in [-0.2, 0) is 17.8 Å². The number of hydrogen-bond acceptors (Lipinski definition) is 5. The summed E-state index contributed by atoms with van der Waals surface area (Å²) in [6.07, 6.45) is 0.383. The molecule has 0 saturated carbocycles. The molecule has 0 radical (unpaired) electrons. The maximum absolute atomic E-state index is 12.7. The molecule has 3 aromatic rings. The Morgan fingerprint density at radius 2 is 1.82 bits per heavy atom. The van der Waals surface area contributed by atoms with Crippen LogP contribution < -0.4 is 0 Å². The molecular weight excluding hydrogens is 456 g/mol. The number of hydrogen-bond donors (Lipinski definition) is 0. The van der Waals surface area contributed by atoms with Gasteiger partial charge in [0.25, 0.3) is 0 Å². The minimum atomic E-state index is 0.177. The molecule has 0 aliphatic carbocycles. The van der Waals surface area contributed by atoms with Gasteiger partial charge in [-0.05, 0) is 54.0 Å². The summed E-state index contributed by atoms with van der Waals surface area (Å²) in [7, 11) is 0. The number of piperazine rings is 1. The fourth-order valence-electron chi connectivity index (χ4n) is 3.53. The lowest BCUT2D eigenvalue weighted by atomic mass is 10.2. The fourth-order valence-corrected chi connectivity index (χ4v) is 6.00. The average molecular weight is 479 g/mol. The lowest BCUT2D eigenvalue weighted by Gasteiger charge is -2.34. The van der Waals surface area contributed by atoms with Gasteiger partial charge in [0.15, 0.2) is 5.13 Å². The molecule has 4 heterocycles. The highest BCUT2D eigenvalue weighted by molar-refractivity contribution is 9.11. The van der Waals surface area contributed by atoms with Gasteiger partial charge in [-0.1, -0.05) is 0 Å². The van der Waals surface area contributed by atoms with Gasteiger partial charge in [0, 0.05) is 54.4 Å². The Morgan fingerprint density at radius 1 is 1.11 bits per heavy atom. The summed E-state index contributed by atoms with van der Waals surface area (Å²) < 4.78 is 3.31. The molecule has 0 N–H and O–H groups in total. The molecule has 0 unspecified atom stereocenters. The summed E-state index contributed by atoms with van der Waals surface area (Å²) in [6, 6.07) is 8.45. The largest absolute Gasteiger partial charge is 0.340 e. The van der Waals surface area contributed by atoms with Crippen LogP contribution >= 0.6 is 38.6 Å². The number of aromatic nitrogens is 2. The maximum atomic E-state index is 12.7. The summed E-state index contributed by atoms with van der Waals surface area (Å²) in [5.74, 6) is 0.177. The summed E-state index contributed by atoms with van der Waals surface area (Å²) in [5, 5.41) is 2.95.